The van der Waals surface area contributed by atoms with Crippen molar-refractivity contribution < 1.29 is 9.53 Å². The first kappa shape index (κ1) is 18.1. The van der Waals surface area contributed by atoms with Crippen LogP contribution in [-0.2, 0) is 4.79 Å². The summed E-state index contributed by atoms with van der Waals surface area (Å²) >= 11 is 5.97. The van der Waals surface area contributed by atoms with Gasteiger partial charge in [-0.3, -0.25) is 4.79 Å². The fraction of sp³-hybridized carbons (Fsp3) is 0.0909. The van der Waals surface area contributed by atoms with Crippen molar-refractivity contribution in [2.75, 3.05) is 5.32 Å². The van der Waals surface area contributed by atoms with E-state index in [9.17, 15) is 4.79 Å². The van der Waals surface area contributed by atoms with Gasteiger partial charge in [0.2, 0.25) is 0 Å². The highest BCUT2D eigenvalue weighted by atomic mass is 35.5. The lowest BCUT2D eigenvalue weighted by atomic mass is 10.1. The molecule has 1 unspecified atom stereocenters. The first-order valence-corrected chi connectivity index (χ1v) is 9.25. The fourth-order valence-electron chi connectivity index (χ4n) is 2.91. The van der Waals surface area contributed by atoms with Gasteiger partial charge in [0.15, 0.2) is 6.10 Å². The number of halogens is 1. The van der Waals surface area contributed by atoms with Crippen molar-refractivity contribution in [2.45, 2.75) is 13.0 Å². The maximum absolute atomic E-state index is 12.7. The quantitative estimate of drug-likeness (QED) is 0.485. The Morgan fingerprint density at radius 1 is 1.07 bits per heavy atom. The van der Waals surface area contributed by atoms with E-state index < -0.39 is 6.10 Å². The number of anilines is 1. The molecule has 6 heteroatoms. The molecular formula is C22H18ClN3O2. The number of imidazole rings is 1. The number of benzene rings is 3. The summed E-state index contributed by atoms with van der Waals surface area (Å²) in [5.74, 6) is 0.977. The summed E-state index contributed by atoms with van der Waals surface area (Å²) < 4.78 is 5.70. The van der Waals surface area contributed by atoms with Crippen molar-refractivity contribution in [2.24, 2.45) is 0 Å². The molecule has 1 heterocycles. The second kappa shape index (κ2) is 7.74. The molecule has 5 nitrogen and oxygen atoms in total. The summed E-state index contributed by atoms with van der Waals surface area (Å²) in [7, 11) is 0. The minimum Gasteiger partial charge on any atom is -0.481 e. The van der Waals surface area contributed by atoms with Crippen molar-refractivity contribution in [1.29, 1.82) is 0 Å². The topological polar surface area (TPSA) is 67.0 Å². The smallest absolute Gasteiger partial charge is 0.265 e. The number of nitrogens with zero attached hydrogens (tertiary/aromatic N) is 1. The molecule has 0 radical (unpaired) electrons. The van der Waals surface area contributed by atoms with E-state index in [2.05, 4.69) is 15.3 Å². The zero-order chi connectivity index (χ0) is 19.5. The van der Waals surface area contributed by atoms with Crippen LogP contribution in [0.15, 0.2) is 72.8 Å². The van der Waals surface area contributed by atoms with E-state index in [1.165, 1.54) is 0 Å². The summed E-state index contributed by atoms with van der Waals surface area (Å²) in [5, 5.41) is 3.49. The lowest BCUT2D eigenvalue weighted by Gasteiger charge is -2.16. The summed E-state index contributed by atoms with van der Waals surface area (Å²) in [6, 6.07) is 22.3. The zero-order valence-electron chi connectivity index (χ0n) is 15.1. The third-order valence-corrected chi connectivity index (χ3v) is 4.54. The predicted molar refractivity (Wildman–Crippen MR) is 112 cm³/mol. The van der Waals surface area contributed by atoms with E-state index in [-0.39, 0.29) is 5.91 Å². The number of carbonyl (C=O) groups excluding carboxylic acids is 1. The monoisotopic (exact) mass is 391 g/mol. The van der Waals surface area contributed by atoms with Crippen molar-refractivity contribution in [3.8, 4) is 17.1 Å². The van der Waals surface area contributed by atoms with Gasteiger partial charge in [-0.2, -0.15) is 0 Å². The van der Waals surface area contributed by atoms with E-state index in [0.29, 0.717) is 22.3 Å². The third kappa shape index (κ3) is 3.85. The Kier molecular flexibility index (Phi) is 5.00. The SMILES string of the molecule is CC(Oc1cccc(Cl)c1)C(=O)Nc1ccccc1-c1nc2ccccc2[nH]1. The molecule has 140 valence electrons. The van der Waals surface area contributed by atoms with Crippen LogP contribution in [0.25, 0.3) is 22.4 Å². The first-order valence-electron chi connectivity index (χ1n) is 8.87. The maximum atomic E-state index is 12.7. The summed E-state index contributed by atoms with van der Waals surface area (Å²) in [4.78, 5) is 20.6. The molecule has 0 fully saturated rings. The Morgan fingerprint density at radius 2 is 1.86 bits per heavy atom. The predicted octanol–water partition coefficient (Wildman–Crippen LogP) is 5.29. The molecule has 0 aliphatic rings. The number of aromatic nitrogens is 2. The third-order valence-electron chi connectivity index (χ3n) is 4.31. The minimum absolute atomic E-state index is 0.261. The van der Waals surface area contributed by atoms with E-state index in [1.54, 1.807) is 31.2 Å². The van der Waals surface area contributed by atoms with Gasteiger partial charge in [-0.15, -0.1) is 0 Å². The number of aromatic amines is 1. The molecule has 28 heavy (non-hydrogen) atoms. The van der Waals surface area contributed by atoms with Crippen LogP contribution < -0.4 is 10.1 Å². The number of H-pyrrole nitrogens is 1. The van der Waals surface area contributed by atoms with Gasteiger partial charge in [0.25, 0.3) is 5.91 Å². The number of para-hydroxylation sites is 3. The van der Waals surface area contributed by atoms with Crippen molar-refractivity contribution in [1.82, 2.24) is 9.97 Å². The number of amides is 1. The average molecular weight is 392 g/mol. The van der Waals surface area contributed by atoms with Crippen molar-refractivity contribution in [3.05, 3.63) is 77.8 Å². The first-order chi connectivity index (χ1) is 13.6. The Morgan fingerprint density at radius 3 is 2.68 bits per heavy atom. The van der Waals surface area contributed by atoms with Crippen LogP contribution in [0, 0.1) is 0 Å². The number of fused-ring (bicyclic) bond motifs is 1. The standard InChI is InChI=1S/C22H18ClN3O2/c1-14(28-16-8-6-7-15(23)13-16)22(27)26-18-10-3-2-9-17(18)21-24-19-11-4-5-12-20(19)25-21/h2-14H,1H3,(H,24,25)(H,26,27). The molecule has 3 aromatic carbocycles. The number of hydrogen-bond acceptors (Lipinski definition) is 3. The van der Waals surface area contributed by atoms with Gasteiger partial charge in [-0.1, -0.05) is 41.9 Å². The molecule has 1 atom stereocenters. The molecule has 0 aliphatic carbocycles. The van der Waals surface area contributed by atoms with Crippen LogP contribution in [0.3, 0.4) is 0 Å². The molecule has 2 N–H and O–H groups in total. The Balaban J connectivity index is 1.55. The normalized spacial score (nSPS) is 11.9. The van der Waals surface area contributed by atoms with E-state index in [0.717, 1.165) is 16.6 Å². The van der Waals surface area contributed by atoms with Crippen molar-refractivity contribution in [3.63, 3.8) is 0 Å². The molecule has 0 aliphatic heterocycles. The lowest BCUT2D eigenvalue weighted by Crippen LogP contribution is -2.30. The number of ether oxygens (including phenoxy) is 1. The largest absolute Gasteiger partial charge is 0.481 e. The Bertz CT molecular complexity index is 1110. The van der Waals surface area contributed by atoms with Gasteiger partial charge in [0.05, 0.1) is 16.7 Å². The molecule has 0 saturated carbocycles. The second-order valence-corrected chi connectivity index (χ2v) is 6.79. The van der Waals surface area contributed by atoms with Crippen LogP contribution in [0.2, 0.25) is 5.02 Å². The van der Waals surface area contributed by atoms with Gasteiger partial charge in [-0.25, -0.2) is 4.98 Å². The highest BCUT2D eigenvalue weighted by Gasteiger charge is 2.18. The van der Waals surface area contributed by atoms with Gasteiger partial charge in [-0.05, 0) is 49.4 Å². The maximum Gasteiger partial charge on any atom is 0.265 e. The summed E-state index contributed by atoms with van der Waals surface area (Å²) in [5.41, 5.74) is 3.28. The minimum atomic E-state index is -0.692. The van der Waals surface area contributed by atoms with Crippen LogP contribution in [-0.4, -0.2) is 22.0 Å². The molecule has 1 amide bonds. The molecular weight excluding hydrogens is 374 g/mol. The molecule has 4 rings (SSSR count). The van der Waals surface area contributed by atoms with Crippen LogP contribution >= 0.6 is 11.6 Å². The summed E-state index contributed by atoms with van der Waals surface area (Å²) in [6.07, 6.45) is -0.692. The Hall–Kier alpha value is -3.31. The lowest BCUT2D eigenvalue weighted by molar-refractivity contribution is -0.122. The number of nitrogens with one attached hydrogen (secondary N) is 2. The average Bonchev–Trinajstić information content (AvgIpc) is 3.12. The molecule has 1 aromatic heterocycles. The molecule has 0 saturated heterocycles. The zero-order valence-corrected chi connectivity index (χ0v) is 15.9. The van der Waals surface area contributed by atoms with Gasteiger partial charge in [0.1, 0.15) is 11.6 Å². The van der Waals surface area contributed by atoms with Gasteiger partial charge in [0, 0.05) is 10.6 Å². The highest BCUT2D eigenvalue weighted by Crippen LogP contribution is 2.28. The van der Waals surface area contributed by atoms with Gasteiger partial charge >= 0.3 is 0 Å². The van der Waals surface area contributed by atoms with Crippen molar-refractivity contribution >= 4 is 34.2 Å². The Labute approximate surface area is 167 Å². The molecule has 4 aromatic rings. The van der Waals surface area contributed by atoms with E-state index in [1.807, 2.05) is 48.5 Å². The number of hydrogen-bond donors (Lipinski definition) is 2. The van der Waals surface area contributed by atoms with Gasteiger partial charge < -0.3 is 15.0 Å². The van der Waals surface area contributed by atoms with Crippen LogP contribution in [0.1, 0.15) is 6.92 Å². The molecule has 0 spiro atoms. The summed E-state index contributed by atoms with van der Waals surface area (Å²) in [6.45, 7) is 1.69. The van der Waals surface area contributed by atoms with Crippen LogP contribution in [0.4, 0.5) is 5.69 Å². The van der Waals surface area contributed by atoms with Crippen LogP contribution in [0.5, 0.6) is 5.75 Å². The number of carbonyl (C=O) groups is 1. The second-order valence-electron chi connectivity index (χ2n) is 6.35. The highest BCUT2D eigenvalue weighted by molar-refractivity contribution is 6.30. The van der Waals surface area contributed by atoms with E-state index in [4.69, 9.17) is 16.3 Å². The fourth-order valence-corrected chi connectivity index (χ4v) is 3.09. The molecule has 0 bridgehead atoms. The van der Waals surface area contributed by atoms with E-state index >= 15 is 0 Å². The number of rotatable bonds is 5.